The van der Waals surface area contributed by atoms with E-state index in [1.54, 1.807) is 18.6 Å². The molecule has 1 spiro atoms. The summed E-state index contributed by atoms with van der Waals surface area (Å²) in [5.41, 5.74) is 11.7. The van der Waals surface area contributed by atoms with E-state index in [2.05, 4.69) is 49.5 Å². The maximum absolute atomic E-state index is 8.31. The quantitative estimate of drug-likeness (QED) is 0.203. The number of benzene rings is 1. The normalized spacial score (nSPS) is 18.1. The van der Waals surface area contributed by atoms with Gasteiger partial charge in [-0.1, -0.05) is 24.3 Å². The molecule has 1 fully saturated rings. The van der Waals surface area contributed by atoms with Crippen molar-refractivity contribution in [3.8, 4) is 0 Å². The second kappa shape index (κ2) is 9.54. The molecule has 0 atom stereocenters. The van der Waals surface area contributed by atoms with E-state index in [1.165, 1.54) is 35.7 Å². The summed E-state index contributed by atoms with van der Waals surface area (Å²) in [5, 5.41) is 4.00. The van der Waals surface area contributed by atoms with E-state index in [1.807, 2.05) is 16.7 Å². The molecule has 0 amide bonds. The van der Waals surface area contributed by atoms with Crippen molar-refractivity contribution in [2.45, 2.75) is 30.7 Å². The molecule has 0 unspecified atom stereocenters. The fourth-order valence-corrected chi connectivity index (χ4v) is 5.03. The van der Waals surface area contributed by atoms with Crippen molar-refractivity contribution in [3.05, 3.63) is 77.4 Å². The number of piperidine rings is 1. The van der Waals surface area contributed by atoms with Crippen LogP contribution in [0.5, 0.6) is 0 Å². The van der Waals surface area contributed by atoms with Gasteiger partial charge in [0.1, 0.15) is 0 Å². The van der Waals surface area contributed by atoms with Gasteiger partial charge in [-0.15, -0.1) is 0 Å². The van der Waals surface area contributed by atoms with Gasteiger partial charge in [0, 0.05) is 18.4 Å². The van der Waals surface area contributed by atoms with Crippen molar-refractivity contribution in [2.75, 3.05) is 13.1 Å². The largest absolute Gasteiger partial charge is 1.00 e. The van der Waals surface area contributed by atoms with Crippen LogP contribution < -0.4 is 51.4 Å². The molecule has 1 saturated heterocycles. The Hall–Kier alpha value is -1.16. The topological polar surface area (TPSA) is 69.6 Å². The molecule has 1 aliphatic carbocycles. The maximum Gasteiger partial charge on any atom is 1.00 e. The predicted octanol–water partition coefficient (Wildman–Crippen LogP) is 1.39. The Morgan fingerprint density at radius 1 is 1.13 bits per heavy atom. The van der Waals surface area contributed by atoms with Gasteiger partial charge in [0.05, 0.1) is 11.2 Å². The molecule has 0 saturated carbocycles. The van der Waals surface area contributed by atoms with Crippen LogP contribution in [-0.2, 0) is 12.8 Å². The van der Waals surface area contributed by atoms with E-state index in [-0.39, 0.29) is 51.4 Å². The van der Waals surface area contributed by atoms with Crippen molar-refractivity contribution in [1.82, 2.24) is 19.3 Å². The zero-order chi connectivity index (χ0) is 19.7. The zero-order valence-electron chi connectivity index (χ0n) is 17.1. The van der Waals surface area contributed by atoms with Crippen LogP contribution in [0.25, 0.3) is 11.5 Å². The third-order valence-corrected chi connectivity index (χ3v) is 6.77. The average Bonchev–Trinajstić information content (AvgIpc) is 3.32. The summed E-state index contributed by atoms with van der Waals surface area (Å²) < 4.78 is 1.90. The van der Waals surface area contributed by atoms with E-state index >= 15 is 0 Å². The molecule has 8 heteroatoms. The van der Waals surface area contributed by atoms with Crippen LogP contribution in [-0.4, -0.2) is 38.3 Å². The van der Waals surface area contributed by atoms with E-state index < -0.39 is 0 Å². The van der Waals surface area contributed by atoms with Crippen molar-refractivity contribution >= 4 is 23.5 Å². The number of aromatic nitrogens is 3. The molecule has 2 aromatic heterocycles. The minimum Gasteiger partial charge on any atom is -0.426 e. The molecule has 6 nitrogen and oxygen atoms in total. The summed E-state index contributed by atoms with van der Waals surface area (Å²) in [5.74, 6) is 0.987. The summed E-state index contributed by atoms with van der Waals surface area (Å²) in [7, 11) is 0. The molecule has 0 radical (unpaired) electrons. The molecule has 3 aromatic rings. The number of nitrogens with zero attached hydrogens (tertiary/aromatic N) is 5. The number of guanidine groups is 1. The van der Waals surface area contributed by atoms with Crippen LogP contribution in [0.3, 0.4) is 0 Å². The molecule has 1 aromatic carbocycles. The summed E-state index contributed by atoms with van der Waals surface area (Å²) in [6.07, 6.45) is 11.6. The first kappa shape index (κ1) is 22.0. The number of hydrogen-bond donors (Lipinski definition) is 0. The Bertz CT molecular complexity index is 1060. The smallest absolute Gasteiger partial charge is 0.426 e. The first-order valence-corrected chi connectivity index (χ1v) is 10.7. The number of aliphatic imine (C=N–C) groups is 1. The standard InChI is InChI=1S/C22H22N6S.K/c23-20(24-9-13-29-19-16-26-21-25-8-3-10-28(19)21)27-11-6-22(7-12-27)14-17-4-1-2-5-18(17)15-22;/h1-5,8-10,16H,6-7,11-12,14-15H2,(H-,23,24);/q-2;+1. The molecular formula is C22H22KN6S-. The first-order valence-electron chi connectivity index (χ1n) is 9.86. The molecule has 30 heavy (non-hydrogen) atoms. The van der Waals surface area contributed by atoms with Gasteiger partial charge in [-0.25, -0.2) is 16.2 Å². The first-order chi connectivity index (χ1) is 14.2. The van der Waals surface area contributed by atoms with Crippen molar-refractivity contribution < 1.29 is 51.4 Å². The molecule has 0 bridgehead atoms. The van der Waals surface area contributed by atoms with Gasteiger partial charge >= 0.3 is 51.4 Å². The second-order valence-electron chi connectivity index (χ2n) is 7.80. The summed E-state index contributed by atoms with van der Waals surface area (Å²) in [6.45, 7) is 1.80. The number of likely N-dealkylation sites (tertiary alicyclic amines) is 1. The summed E-state index contributed by atoms with van der Waals surface area (Å²) in [4.78, 5) is 14.8. The van der Waals surface area contributed by atoms with E-state index in [0.717, 1.165) is 31.0 Å². The van der Waals surface area contributed by atoms with Gasteiger partial charge in [-0.3, -0.25) is 16.2 Å². The molecule has 1 N–H and O–H groups in total. The van der Waals surface area contributed by atoms with Crippen LogP contribution in [0, 0.1) is 10.8 Å². The van der Waals surface area contributed by atoms with Crippen LogP contribution in [0.2, 0.25) is 0 Å². The van der Waals surface area contributed by atoms with Gasteiger partial charge in [0.2, 0.25) is 5.78 Å². The molecule has 2 aliphatic rings. The van der Waals surface area contributed by atoms with E-state index in [9.17, 15) is 0 Å². The predicted molar refractivity (Wildman–Crippen MR) is 116 cm³/mol. The van der Waals surface area contributed by atoms with Gasteiger partial charge in [0.15, 0.2) is 0 Å². The SMILES string of the molecule is [K+].[NH-]C(=NC=[C-]Sc1cnc2ncccn12)N1CCC2(CC1)Cc1ccccc1C2. The Morgan fingerprint density at radius 2 is 1.87 bits per heavy atom. The summed E-state index contributed by atoms with van der Waals surface area (Å²) >= 11 is 1.40. The molecule has 3 heterocycles. The minimum absolute atomic E-state index is 0. The molecule has 5 rings (SSSR count). The number of nitrogens with one attached hydrogen (secondary N) is 1. The number of fused-ring (bicyclic) bond motifs is 2. The minimum atomic E-state index is 0. The monoisotopic (exact) mass is 441 g/mol. The van der Waals surface area contributed by atoms with Crippen molar-refractivity contribution in [2.24, 2.45) is 10.4 Å². The van der Waals surface area contributed by atoms with E-state index in [4.69, 9.17) is 5.73 Å². The van der Waals surface area contributed by atoms with Crippen LogP contribution in [0.4, 0.5) is 0 Å². The maximum atomic E-state index is 8.31. The third kappa shape index (κ3) is 4.54. The summed E-state index contributed by atoms with van der Waals surface area (Å²) in [6, 6.07) is 10.7. The van der Waals surface area contributed by atoms with Gasteiger partial charge in [0.25, 0.3) is 0 Å². The Labute approximate surface area is 223 Å². The average molecular weight is 442 g/mol. The van der Waals surface area contributed by atoms with Gasteiger partial charge in [-0.05, 0) is 61.4 Å². The van der Waals surface area contributed by atoms with Crippen molar-refractivity contribution in [3.63, 3.8) is 0 Å². The van der Waals surface area contributed by atoms with Crippen LogP contribution >= 0.6 is 11.8 Å². The number of imidazole rings is 1. The zero-order valence-corrected chi connectivity index (χ0v) is 21.0. The third-order valence-electron chi connectivity index (χ3n) is 6.03. The Balaban J connectivity index is 0.00000218. The fraction of sp³-hybridized carbons (Fsp3) is 0.318. The molecular weight excluding hydrogens is 419 g/mol. The fourth-order valence-electron chi connectivity index (χ4n) is 4.46. The van der Waals surface area contributed by atoms with Gasteiger partial charge in [-0.2, -0.15) is 0 Å². The Kier molecular flexibility index (Phi) is 7.01. The molecule has 148 valence electrons. The number of thioether (sulfide) groups is 1. The number of rotatable bonds is 3. The van der Waals surface area contributed by atoms with E-state index in [0.29, 0.717) is 17.2 Å². The Morgan fingerprint density at radius 3 is 2.60 bits per heavy atom. The molecule has 1 aliphatic heterocycles. The number of hydrogen-bond acceptors (Lipinski definition) is 4. The van der Waals surface area contributed by atoms with Crippen LogP contribution in [0.15, 0.2) is 65.1 Å². The second-order valence-corrected chi connectivity index (χ2v) is 8.66. The van der Waals surface area contributed by atoms with Gasteiger partial charge < -0.3 is 21.0 Å². The van der Waals surface area contributed by atoms with Crippen molar-refractivity contribution in [1.29, 1.82) is 0 Å². The van der Waals surface area contributed by atoms with Crippen LogP contribution in [0.1, 0.15) is 24.0 Å².